The van der Waals surface area contributed by atoms with Crippen molar-refractivity contribution < 1.29 is 0 Å². The Kier molecular flexibility index (Phi) is 2.21. The van der Waals surface area contributed by atoms with Crippen molar-refractivity contribution in [3.8, 4) is 6.07 Å². The number of thiol groups is 1. The van der Waals surface area contributed by atoms with E-state index in [1.165, 1.54) is 0 Å². The SMILES string of the molecule is N#Cc1ccc(S)cc1Cl. The van der Waals surface area contributed by atoms with Crippen LogP contribution in [0.15, 0.2) is 23.1 Å². The van der Waals surface area contributed by atoms with Gasteiger partial charge in [0.25, 0.3) is 0 Å². The van der Waals surface area contributed by atoms with E-state index in [2.05, 4.69) is 12.6 Å². The van der Waals surface area contributed by atoms with Crippen LogP contribution in [-0.4, -0.2) is 0 Å². The van der Waals surface area contributed by atoms with Gasteiger partial charge in [0.1, 0.15) is 6.07 Å². The molecule has 0 aliphatic rings. The van der Waals surface area contributed by atoms with E-state index in [9.17, 15) is 0 Å². The lowest BCUT2D eigenvalue weighted by Crippen LogP contribution is -1.75. The highest BCUT2D eigenvalue weighted by Gasteiger charge is 1.96. The molecular weight excluding hydrogens is 166 g/mol. The Labute approximate surface area is 69.6 Å². The number of rotatable bonds is 0. The molecule has 0 fully saturated rings. The minimum atomic E-state index is 0.454. The highest BCUT2D eigenvalue weighted by molar-refractivity contribution is 7.80. The van der Waals surface area contributed by atoms with E-state index < -0.39 is 0 Å². The van der Waals surface area contributed by atoms with E-state index in [1.807, 2.05) is 6.07 Å². The summed E-state index contributed by atoms with van der Waals surface area (Å²) in [5.74, 6) is 0. The summed E-state index contributed by atoms with van der Waals surface area (Å²) in [5, 5.41) is 8.90. The second kappa shape index (κ2) is 2.96. The first-order valence-corrected chi connectivity index (χ1v) is 3.45. The van der Waals surface area contributed by atoms with Gasteiger partial charge in [-0.3, -0.25) is 0 Å². The quantitative estimate of drug-likeness (QED) is 0.593. The summed E-state index contributed by atoms with van der Waals surface area (Å²) in [5.41, 5.74) is 0.486. The van der Waals surface area contributed by atoms with Gasteiger partial charge in [-0.05, 0) is 18.2 Å². The topological polar surface area (TPSA) is 23.8 Å². The predicted octanol–water partition coefficient (Wildman–Crippen LogP) is 2.50. The average molecular weight is 170 g/mol. The van der Waals surface area contributed by atoms with Crippen LogP contribution in [-0.2, 0) is 0 Å². The summed E-state index contributed by atoms with van der Waals surface area (Å²) in [4.78, 5) is 0.768. The molecule has 0 amide bonds. The van der Waals surface area contributed by atoms with Crippen LogP contribution in [0.4, 0.5) is 0 Å². The van der Waals surface area contributed by atoms with Gasteiger partial charge in [-0.2, -0.15) is 5.26 Å². The zero-order valence-electron chi connectivity index (χ0n) is 5.00. The van der Waals surface area contributed by atoms with Crippen LogP contribution < -0.4 is 0 Å². The second-order valence-corrected chi connectivity index (χ2v) is 2.70. The van der Waals surface area contributed by atoms with Crippen LogP contribution in [0.5, 0.6) is 0 Å². The van der Waals surface area contributed by atoms with Crippen molar-refractivity contribution in [2.75, 3.05) is 0 Å². The molecular formula is C7H4ClNS. The third-order valence-corrected chi connectivity index (χ3v) is 1.66. The van der Waals surface area contributed by atoms with Gasteiger partial charge in [0.15, 0.2) is 0 Å². The number of halogens is 1. The van der Waals surface area contributed by atoms with E-state index >= 15 is 0 Å². The molecule has 0 saturated carbocycles. The van der Waals surface area contributed by atoms with Gasteiger partial charge in [0.2, 0.25) is 0 Å². The highest BCUT2D eigenvalue weighted by atomic mass is 35.5. The third kappa shape index (κ3) is 1.44. The van der Waals surface area contributed by atoms with Crippen LogP contribution in [0.3, 0.4) is 0 Å². The smallest absolute Gasteiger partial charge is 0.101 e. The second-order valence-electron chi connectivity index (χ2n) is 1.78. The number of benzene rings is 1. The van der Waals surface area contributed by atoms with Crippen molar-refractivity contribution in [3.05, 3.63) is 28.8 Å². The zero-order chi connectivity index (χ0) is 7.56. The molecule has 0 heterocycles. The number of nitriles is 1. The normalized spacial score (nSPS) is 8.90. The summed E-state index contributed by atoms with van der Waals surface area (Å²) in [6.45, 7) is 0. The van der Waals surface area contributed by atoms with Gasteiger partial charge in [0, 0.05) is 4.90 Å². The lowest BCUT2D eigenvalue weighted by molar-refractivity contribution is 1.42. The van der Waals surface area contributed by atoms with Crippen molar-refractivity contribution >= 4 is 24.2 Å². The maximum Gasteiger partial charge on any atom is 0.101 e. The predicted molar refractivity (Wildman–Crippen MR) is 43.4 cm³/mol. The van der Waals surface area contributed by atoms with Crippen molar-refractivity contribution in [1.29, 1.82) is 5.26 Å². The molecule has 1 aromatic rings. The molecule has 10 heavy (non-hydrogen) atoms. The highest BCUT2D eigenvalue weighted by Crippen LogP contribution is 2.18. The van der Waals surface area contributed by atoms with Gasteiger partial charge in [-0.25, -0.2) is 0 Å². The molecule has 0 atom stereocenters. The maximum atomic E-state index is 8.45. The summed E-state index contributed by atoms with van der Waals surface area (Å²) < 4.78 is 0. The largest absolute Gasteiger partial charge is 0.192 e. The first-order valence-electron chi connectivity index (χ1n) is 2.62. The number of nitrogens with zero attached hydrogens (tertiary/aromatic N) is 1. The van der Waals surface area contributed by atoms with E-state index in [1.54, 1.807) is 18.2 Å². The lowest BCUT2D eigenvalue weighted by Gasteiger charge is -1.93. The summed E-state index contributed by atoms with van der Waals surface area (Å²) in [7, 11) is 0. The first kappa shape index (κ1) is 7.46. The molecule has 0 spiro atoms. The molecule has 50 valence electrons. The molecule has 0 radical (unpaired) electrons. The lowest BCUT2D eigenvalue weighted by atomic mass is 10.2. The molecule has 1 aromatic carbocycles. The average Bonchev–Trinajstić information content (AvgIpc) is 1.88. The van der Waals surface area contributed by atoms with E-state index in [0.29, 0.717) is 10.6 Å². The van der Waals surface area contributed by atoms with Crippen molar-refractivity contribution in [2.45, 2.75) is 4.90 Å². The van der Waals surface area contributed by atoms with E-state index in [-0.39, 0.29) is 0 Å². The Balaban J connectivity index is 3.23. The minimum Gasteiger partial charge on any atom is -0.192 e. The fourth-order valence-corrected chi connectivity index (χ4v) is 1.10. The fourth-order valence-electron chi connectivity index (χ4n) is 0.595. The Bertz CT molecular complexity index is 290. The molecule has 0 unspecified atom stereocenters. The first-order chi connectivity index (χ1) is 4.74. The molecule has 0 aromatic heterocycles. The zero-order valence-corrected chi connectivity index (χ0v) is 6.65. The molecule has 0 aliphatic carbocycles. The number of hydrogen-bond acceptors (Lipinski definition) is 2. The van der Waals surface area contributed by atoms with Gasteiger partial charge >= 0.3 is 0 Å². The van der Waals surface area contributed by atoms with Crippen LogP contribution in [0.2, 0.25) is 5.02 Å². The summed E-state index contributed by atoms with van der Waals surface area (Å²) >= 11 is 9.70. The minimum absolute atomic E-state index is 0.454. The van der Waals surface area contributed by atoms with Crippen LogP contribution in [0.25, 0.3) is 0 Å². The molecule has 0 aliphatic heterocycles. The van der Waals surface area contributed by atoms with Gasteiger partial charge in [0.05, 0.1) is 10.6 Å². The molecule has 1 rings (SSSR count). The van der Waals surface area contributed by atoms with Crippen LogP contribution in [0.1, 0.15) is 5.56 Å². The summed E-state index contributed by atoms with van der Waals surface area (Å²) in [6.07, 6.45) is 0. The van der Waals surface area contributed by atoms with E-state index in [4.69, 9.17) is 16.9 Å². The number of hydrogen-bond donors (Lipinski definition) is 1. The molecule has 1 nitrogen and oxygen atoms in total. The van der Waals surface area contributed by atoms with Crippen molar-refractivity contribution in [2.24, 2.45) is 0 Å². The monoisotopic (exact) mass is 169 g/mol. The van der Waals surface area contributed by atoms with E-state index in [0.717, 1.165) is 4.90 Å². The Hall–Kier alpha value is -0.650. The standard InChI is InChI=1S/C7H4ClNS/c8-7-3-6(10)2-1-5(7)4-9/h1-3,10H. The maximum absolute atomic E-state index is 8.45. The summed E-state index contributed by atoms with van der Waals surface area (Å²) in [6, 6.07) is 6.97. The third-order valence-electron chi connectivity index (χ3n) is 1.07. The Morgan fingerprint density at radius 2 is 2.20 bits per heavy atom. The van der Waals surface area contributed by atoms with Crippen LogP contribution in [0, 0.1) is 11.3 Å². The van der Waals surface area contributed by atoms with Crippen molar-refractivity contribution in [1.82, 2.24) is 0 Å². The Morgan fingerprint density at radius 3 is 2.70 bits per heavy atom. The van der Waals surface area contributed by atoms with Gasteiger partial charge in [-0.1, -0.05) is 11.6 Å². The molecule has 0 saturated heterocycles. The van der Waals surface area contributed by atoms with Crippen LogP contribution >= 0.6 is 24.2 Å². The van der Waals surface area contributed by atoms with Gasteiger partial charge < -0.3 is 0 Å². The molecule has 0 N–H and O–H groups in total. The van der Waals surface area contributed by atoms with Gasteiger partial charge in [-0.15, -0.1) is 12.6 Å². The molecule has 3 heteroatoms. The Morgan fingerprint density at radius 1 is 1.50 bits per heavy atom. The molecule has 0 bridgehead atoms. The fraction of sp³-hybridized carbons (Fsp3) is 0. The van der Waals surface area contributed by atoms with Crippen molar-refractivity contribution in [3.63, 3.8) is 0 Å².